The third kappa shape index (κ3) is 2.57. The van der Waals surface area contributed by atoms with Crippen LogP contribution < -0.4 is 10.6 Å². The molecule has 4 aromatic rings. The van der Waals surface area contributed by atoms with Crippen molar-refractivity contribution in [1.29, 1.82) is 0 Å². The van der Waals surface area contributed by atoms with Gasteiger partial charge in [-0.05, 0) is 47.9 Å². The smallest absolute Gasteiger partial charge is 0.168 e. The molecule has 0 bridgehead atoms. The minimum atomic E-state index is 0.127. The Morgan fingerprint density at radius 1 is 0.933 bits per heavy atom. The van der Waals surface area contributed by atoms with Crippen molar-refractivity contribution in [2.75, 3.05) is 18.0 Å². The maximum Gasteiger partial charge on any atom is 0.168 e. The number of fused-ring (bicyclic) bond motifs is 2. The molecular weight excluding hydrogens is 372 g/mol. The van der Waals surface area contributed by atoms with Gasteiger partial charge in [-0.3, -0.25) is 0 Å². The van der Waals surface area contributed by atoms with Gasteiger partial charge in [-0.2, -0.15) is 5.10 Å². The highest BCUT2D eigenvalue weighted by molar-refractivity contribution is 5.87. The largest absolute Gasteiger partial charge is 0.356 e. The molecule has 3 heterocycles. The zero-order valence-corrected chi connectivity index (χ0v) is 16.8. The number of aromatic nitrogens is 4. The van der Waals surface area contributed by atoms with Crippen LogP contribution in [0, 0.1) is 5.41 Å². The van der Waals surface area contributed by atoms with Gasteiger partial charge in [0.15, 0.2) is 5.65 Å². The third-order valence-electron chi connectivity index (χ3n) is 7.00. The van der Waals surface area contributed by atoms with E-state index in [2.05, 4.69) is 44.2 Å². The molecule has 6 heteroatoms. The van der Waals surface area contributed by atoms with E-state index in [1.807, 2.05) is 41.2 Å². The Balaban J connectivity index is 1.29. The van der Waals surface area contributed by atoms with E-state index >= 15 is 0 Å². The zero-order chi connectivity index (χ0) is 20.1. The molecular formula is C24H24N6. The average molecular weight is 396 g/mol. The number of para-hydroxylation sites is 1. The van der Waals surface area contributed by atoms with Crippen molar-refractivity contribution in [2.45, 2.75) is 25.3 Å². The molecule has 30 heavy (non-hydrogen) atoms. The number of hydrogen-bond donors (Lipinski definition) is 1. The van der Waals surface area contributed by atoms with Gasteiger partial charge < -0.3 is 10.6 Å². The number of rotatable bonds is 2. The summed E-state index contributed by atoms with van der Waals surface area (Å²) in [6.45, 7) is 1.90. The molecule has 1 saturated heterocycles. The summed E-state index contributed by atoms with van der Waals surface area (Å²) in [5.74, 6) is 0.973. The molecule has 2 aromatic heterocycles. The first-order valence-electron chi connectivity index (χ1n) is 10.6. The maximum absolute atomic E-state index is 6.74. The lowest BCUT2D eigenvalue weighted by Crippen LogP contribution is -2.44. The number of nitrogens with zero attached hydrogens (tertiary/aromatic N) is 5. The van der Waals surface area contributed by atoms with E-state index in [9.17, 15) is 0 Å². The predicted molar refractivity (Wildman–Crippen MR) is 118 cm³/mol. The average Bonchev–Trinajstić information content (AvgIpc) is 3.35. The first kappa shape index (κ1) is 17.6. The molecule has 0 amide bonds. The van der Waals surface area contributed by atoms with Crippen LogP contribution in [0.15, 0.2) is 67.1 Å². The maximum atomic E-state index is 6.74. The summed E-state index contributed by atoms with van der Waals surface area (Å²) in [5, 5.41) is 5.60. The minimum Gasteiger partial charge on any atom is -0.356 e. The highest BCUT2D eigenvalue weighted by atomic mass is 15.3. The van der Waals surface area contributed by atoms with E-state index in [0.29, 0.717) is 0 Å². The molecule has 0 unspecified atom stereocenters. The molecule has 2 aliphatic rings. The van der Waals surface area contributed by atoms with Crippen molar-refractivity contribution in [3.63, 3.8) is 0 Å². The van der Waals surface area contributed by atoms with Gasteiger partial charge in [-0.1, -0.05) is 42.5 Å². The lowest BCUT2D eigenvalue weighted by atomic mass is 9.73. The Labute approximate surface area is 175 Å². The molecule has 6 nitrogen and oxygen atoms in total. The second-order valence-corrected chi connectivity index (χ2v) is 8.53. The number of benzene rings is 2. The second kappa shape index (κ2) is 6.64. The van der Waals surface area contributed by atoms with Crippen molar-refractivity contribution in [3.05, 3.63) is 78.2 Å². The molecule has 1 aliphatic carbocycles. The minimum absolute atomic E-state index is 0.127. The van der Waals surface area contributed by atoms with Crippen LogP contribution in [0.5, 0.6) is 0 Å². The summed E-state index contributed by atoms with van der Waals surface area (Å²) in [5.41, 5.74) is 11.5. The molecule has 1 fully saturated rings. The topological polar surface area (TPSA) is 72.9 Å². The van der Waals surface area contributed by atoms with Crippen molar-refractivity contribution in [2.24, 2.45) is 11.1 Å². The zero-order valence-electron chi connectivity index (χ0n) is 16.8. The quantitative estimate of drug-likeness (QED) is 0.560. The first-order chi connectivity index (χ1) is 14.8. The monoisotopic (exact) mass is 396 g/mol. The highest BCUT2D eigenvalue weighted by Crippen LogP contribution is 2.51. The van der Waals surface area contributed by atoms with Crippen molar-refractivity contribution in [3.8, 4) is 5.69 Å². The highest BCUT2D eigenvalue weighted by Gasteiger charge is 2.46. The van der Waals surface area contributed by atoms with Crippen LogP contribution in [0.4, 0.5) is 5.82 Å². The number of hydrogen-bond acceptors (Lipinski definition) is 5. The Kier molecular flexibility index (Phi) is 3.89. The Bertz CT molecular complexity index is 1210. The van der Waals surface area contributed by atoms with Crippen LogP contribution in [-0.4, -0.2) is 32.8 Å². The van der Waals surface area contributed by atoms with Crippen LogP contribution in [0.25, 0.3) is 16.7 Å². The van der Waals surface area contributed by atoms with Crippen LogP contribution in [0.2, 0.25) is 0 Å². The molecule has 6 rings (SSSR count). The molecule has 2 N–H and O–H groups in total. The number of anilines is 1. The van der Waals surface area contributed by atoms with E-state index in [4.69, 9.17) is 5.73 Å². The summed E-state index contributed by atoms with van der Waals surface area (Å²) in [6, 6.07) is 18.9. The Morgan fingerprint density at radius 2 is 1.70 bits per heavy atom. The fourth-order valence-corrected chi connectivity index (χ4v) is 5.31. The molecule has 0 radical (unpaired) electrons. The molecule has 0 saturated carbocycles. The molecule has 150 valence electrons. The predicted octanol–water partition coefficient (Wildman–Crippen LogP) is 3.66. The summed E-state index contributed by atoms with van der Waals surface area (Å²) < 4.78 is 1.88. The SMILES string of the molecule is N[C@@H]1c2ccccc2CC12CCN(c1ncnc3c1cnn3-c1ccccc1)CC2. The number of piperidine rings is 1. The molecule has 1 atom stereocenters. The van der Waals surface area contributed by atoms with Gasteiger partial charge in [0, 0.05) is 19.1 Å². The van der Waals surface area contributed by atoms with Crippen LogP contribution in [-0.2, 0) is 6.42 Å². The van der Waals surface area contributed by atoms with E-state index < -0.39 is 0 Å². The van der Waals surface area contributed by atoms with E-state index in [1.54, 1.807) is 6.33 Å². The normalized spacial score (nSPS) is 20.0. The van der Waals surface area contributed by atoms with Gasteiger partial charge in [0.1, 0.15) is 12.1 Å². The summed E-state index contributed by atoms with van der Waals surface area (Å²) in [6.07, 6.45) is 6.77. The summed E-state index contributed by atoms with van der Waals surface area (Å²) >= 11 is 0. The van der Waals surface area contributed by atoms with Gasteiger partial charge >= 0.3 is 0 Å². The van der Waals surface area contributed by atoms with Crippen LogP contribution in [0.3, 0.4) is 0 Å². The van der Waals surface area contributed by atoms with Gasteiger partial charge in [0.25, 0.3) is 0 Å². The Hall–Kier alpha value is -3.25. The Morgan fingerprint density at radius 3 is 2.50 bits per heavy atom. The standard InChI is InChI=1S/C24H24N6/c25-21-19-9-5-4-6-17(19)14-24(21)10-12-29(13-11-24)22-20-15-28-30(23(20)27-16-26-22)18-7-2-1-3-8-18/h1-9,15-16,21H,10-14,25H2/t21-/m1/s1. The van der Waals surface area contributed by atoms with Crippen molar-refractivity contribution in [1.82, 2.24) is 19.7 Å². The summed E-state index contributed by atoms with van der Waals surface area (Å²) in [4.78, 5) is 11.5. The summed E-state index contributed by atoms with van der Waals surface area (Å²) in [7, 11) is 0. The van der Waals surface area contributed by atoms with Crippen LogP contribution >= 0.6 is 0 Å². The van der Waals surface area contributed by atoms with Gasteiger partial charge in [-0.15, -0.1) is 0 Å². The van der Waals surface area contributed by atoms with E-state index in [-0.39, 0.29) is 11.5 Å². The second-order valence-electron chi connectivity index (χ2n) is 8.53. The fraction of sp³-hybridized carbons (Fsp3) is 0.292. The first-order valence-corrected chi connectivity index (χ1v) is 10.6. The van der Waals surface area contributed by atoms with Gasteiger partial charge in [-0.25, -0.2) is 14.6 Å². The lowest BCUT2D eigenvalue weighted by molar-refractivity contribution is 0.187. The molecule has 1 aliphatic heterocycles. The van der Waals surface area contributed by atoms with E-state index in [0.717, 1.165) is 54.9 Å². The lowest BCUT2D eigenvalue weighted by Gasteiger charge is -2.42. The van der Waals surface area contributed by atoms with Gasteiger partial charge in [0.05, 0.1) is 17.3 Å². The van der Waals surface area contributed by atoms with Crippen molar-refractivity contribution < 1.29 is 0 Å². The van der Waals surface area contributed by atoms with E-state index in [1.165, 1.54) is 11.1 Å². The number of nitrogens with two attached hydrogens (primary N) is 1. The fourth-order valence-electron chi connectivity index (χ4n) is 5.31. The van der Waals surface area contributed by atoms with Crippen molar-refractivity contribution >= 4 is 16.9 Å². The molecule has 1 spiro atoms. The third-order valence-corrected chi connectivity index (χ3v) is 7.00. The molecule has 2 aromatic carbocycles. The van der Waals surface area contributed by atoms with Crippen LogP contribution in [0.1, 0.15) is 30.0 Å². The van der Waals surface area contributed by atoms with Gasteiger partial charge in [0.2, 0.25) is 0 Å².